The maximum absolute atomic E-state index is 11.7. The zero-order valence-corrected chi connectivity index (χ0v) is 10.2. The molecule has 10 heteroatoms. The van der Waals surface area contributed by atoms with Gasteiger partial charge in [-0.25, -0.2) is 13.6 Å². The van der Waals surface area contributed by atoms with Crippen molar-refractivity contribution in [3.63, 3.8) is 0 Å². The molecule has 4 heterocycles. The van der Waals surface area contributed by atoms with E-state index in [-0.39, 0.29) is 24.6 Å². The standard InChI is InChI=1S/C8H9N4O5P/c1-3-4-14-6-9-5-10-7(11-6)15-18(13)16-8(17-18)12(5)2/h3,8H,1,4H2,2H3. The molecule has 0 saturated carbocycles. The van der Waals surface area contributed by atoms with Crippen molar-refractivity contribution >= 4 is 13.8 Å². The Bertz CT molecular complexity index is 542. The van der Waals surface area contributed by atoms with Gasteiger partial charge in [0.25, 0.3) is 6.41 Å². The summed E-state index contributed by atoms with van der Waals surface area (Å²) in [4.78, 5) is 13.2. The van der Waals surface area contributed by atoms with Gasteiger partial charge in [-0.2, -0.15) is 9.97 Å². The highest BCUT2D eigenvalue weighted by atomic mass is 31.2. The van der Waals surface area contributed by atoms with Crippen molar-refractivity contribution in [2.45, 2.75) is 6.41 Å². The monoisotopic (exact) mass is 272 g/mol. The summed E-state index contributed by atoms with van der Waals surface area (Å²) >= 11 is 0. The number of phosphoric ester groups is 1. The summed E-state index contributed by atoms with van der Waals surface area (Å²) in [5.41, 5.74) is 0. The molecular formula is C8H9N4O5P. The van der Waals surface area contributed by atoms with Crippen molar-refractivity contribution in [1.29, 1.82) is 0 Å². The highest BCUT2D eigenvalue weighted by Crippen LogP contribution is 2.61. The maximum Gasteiger partial charge on any atom is 0.540 e. The Balaban J connectivity index is 1.97. The van der Waals surface area contributed by atoms with E-state index in [2.05, 4.69) is 21.5 Å². The fraction of sp³-hybridized carbons (Fsp3) is 0.375. The third kappa shape index (κ3) is 1.82. The van der Waals surface area contributed by atoms with Gasteiger partial charge in [0.15, 0.2) is 0 Å². The van der Waals surface area contributed by atoms with Crippen LogP contribution in [0.2, 0.25) is 0 Å². The number of rotatable bonds is 3. The van der Waals surface area contributed by atoms with Gasteiger partial charge in [-0.05, 0) is 0 Å². The Morgan fingerprint density at radius 2 is 2.28 bits per heavy atom. The predicted molar refractivity (Wildman–Crippen MR) is 58.1 cm³/mol. The quantitative estimate of drug-likeness (QED) is 0.581. The molecule has 0 aliphatic carbocycles. The molecular weight excluding hydrogens is 263 g/mol. The Labute approximate surface area is 102 Å². The van der Waals surface area contributed by atoms with Crippen LogP contribution < -0.4 is 14.2 Å². The lowest BCUT2D eigenvalue weighted by molar-refractivity contribution is -0.115. The van der Waals surface area contributed by atoms with Gasteiger partial charge in [0.1, 0.15) is 6.61 Å². The summed E-state index contributed by atoms with van der Waals surface area (Å²) in [5, 5.41) is 0. The fourth-order valence-corrected chi connectivity index (χ4v) is 2.44. The fourth-order valence-electron chi connectivity index (χ4n) is 1.33. The van der Waals surface area contributed by atoms with Gasteiger partial charge in [-0.15, -0.1) is 4.98 Å². The average Bonchev–Trinajstić information content (AvgIpc) is 2.31. The molecule has 3 aliphatic rings. The van der Waals surface area contributed by atoms with E-state index >= 15 is 0 Å². The van der Waals surface area contributed by atoms with Crippen LogP contribution in [0, 0.1) is 0 Å². The van der Waals surface area contributed by atoms with Gasteiger partial charge in [0, 0.05) is 7.05 Å². The molecule has 0 N–H and O–H groups in total. The predicted octanol–water partition coefficient (Wildman–Crippen LogP) is 0.703. The third-order valence-electron chi connectivity index (χ3n) is 2.18. The first-order valence-corrected chi connectivity index (χ1v) is 6.45. The Kier molecular flexibility index (Phi) is 2.47. The first-order chi connectivity index (χ1) is 8.59. The van der Waals surface area contributed by atoms with E-state index in [4.69, 9.17) is 18.3 Å². The molecule has 1 saturated heterocycles. The summed E-state index contributed by atoms with van der Waals surface area (Å²) in [6, 6.07) is -0.122. The lowest BCUT2D eigenvalue weighted by Crippen LogP contribution is -2.45. The van der Waals surface area contributed by atoms with Gasteiger partial charge >= 0.3 is 19.8 Å². The zero-order valence-electron chi connectivity index (χ0n) is 9.35. The van der Waals surface area contributed by atoms with Crippen LogP contribution in [0.15, 0.2) is 12.7 Å². The molecule has 3 aliphatic heterocycles. The van der Waals surface area contributed by atoms with Crippen molar-refractivity contribution in [2.24, 2.45) is 0 Å². The summed E-state index contributed by atoms with van der Waals surface area (Å²) in [5.74, 6) is 0.231. The average molecular weight is 272 g/mol. The lowest BCUT2D eigenvalue weighted by atomic mass is 10.7. The molecule has 0 amide bonds. The third-order valence-corrected chi connectivity index (χ3v) is 3.44. The van der Waals surface area contributed by atoms with E-state index in [0.29, 0.717) is 0 Å². The van der Waals surface area contributed by atoms with Crippen molar-refractivity contribution in [3.05, 3.63) is 12.7 Å². The van der Waals surface area contributed by atoms with Crippen LogP contribution in [0.4, 0.5) is 5.95 Å². The molecule has 0 unspecified atom stereocenters. The highest BCUT2D eigenvalue weighted by molar-refractivity contribution is 7.50. The van der Waals surface area contributed by atoms with Gasteiger partial charge in [0.2, 0.25) is 5.95 Å². The van der Waals surface area contributed by atoms with Crippen LogP contribution in [-0.2, 0) is 13.6 Å². The smallest absolute Gasteiger partial charge is 0.459 e. The minimum Gasteiger partial charge on any atom is -0.459 e. The van der Waals surface area contributed by atoms with Gasteiger partial charge in [-0.3, -0.25) is 4.90 Å². The molecule has 1 fully saturated rings. The van der Waals surface area contributed by atoms with Crippen molar-refractivity contribution < 1.29 is 22.9 Å². The van der Waals surface area contributed by atoms with Crippen LogP contribution in [0.3, 0.4) is 0 Å². The molecule has 0 aromatic carbocycles. The van der Waals surface area contributed by atoms with E-state index in [0.717, 1.165) is 0 Å². The van der Waals surface area contributed by atoms with Crippen LogP contribution in [0.25, 0.3) is 0 Å². The lowest BCUT2D eigenvalue weighted by Gasteiger charge is -2.39. The molecule has 0 radical (unpaired) electrons. The summed E-state index contributed by atoms with van der Waals surface area (Å²) < 4.78 is 31.8. The normalized spacial score (nSPS) is 28.5. The summed E-state index contributed by atoms with van der Waals surface area (Å²) in [6.45, 7) is 3.75. The largest absolute Gasteiger partial charge is 0.540 e. The molecule has 4 rings (SSSR count). The molecule has 4 bridgehead atoms. The molecule has 0 atom stereocenters. The van der Waals surface area contributed by atoms with Crippen LogP contribution >= 0.6 is 7.82 Å². The zero-order chi connectivity index (χ0) is 12.8. The summed E-state index contributed by atoms with van der Waals surface area (Å²) in [6.07, 6.45) is 0.712. The van der Waals surface area contributed by atoms with E-state index in [1.807, 2.05) is 0 Å². The number of phosphoric acid groups is 1. The molecule has 0 spiro atoms. The van der Waals surface area contributed by atoms with Gasteiger partial charge in [0.05, 0.1) is 0 Å². The molecule has 9 nitrogen and oxygen atoms in total. The van der Waals surface area contributed by atoms with Gasteiger partial charge < -0.3 is 9.26 Å². The second-order valence-electron chi connectivity index (χ2n) is 3.47. The van der Waals surface area contributed by atoms with Crippen LogP contribution in [0.1, 0.15) is 0 Å². The number of ether oxygens (including phenoxy) is 1. The second-order valence-corrected chi connectivity index (χ2v) is 4.97. The van der Waals surface area contributed by atoms with E-state index in [9.17, 15) is 4.57 Å². The second kappa shape index (κ2) is 3.91. The van der Waals surface area contributed by atoms with Crippen LogP contribution in [-0.4, -0.2) is 35.0 Å². The maximum atomic E-state index is 11.7. The minimum atomic E-state index is -3.58. The Morgan fingerprint density at radius 3 is 3.00 bits per heavy atom. The molecule has 96 valence electrons. The molecule has 18 heavy (non-hydrogen) atoms. The number of aromatic nitrogens is 3. The minimum absolute atomic E-state index is 0.0517. The molecule has 1 aromatic heterocycles. The van der Waals surface area contributed by atoms with E-state index < -0.39 is 14.2 Å². The SMILES string of the molecule is C=CCOc1nc2nc(n1)N(C)C1OP(=O)(O2)O1. The van der Waals surface area contributed by atoms with Crippen molar-refractivity contribution in [1.82, 2.24) is 15.0 Å². The number of nitrogens with zero attached hydrogens (tertiary/aromatic N) is 4. The summed E-state index contributed by atoms with van der Waals surface area (Å²) in [7, 11) is -1.96. The number of hydrogen-bond acceptors (Lipinski definition) is 9. The van der Waals surface area contributed by atoms with E-state index in [1.165, 1.54) is 4.90 Å². The van der Waals surface area contributed by atoms with Crippen LogP contribution in [0.5, 0.6) is 12.0 Å². The molecule has 1 aromatic rings. The first kappa shape index (κ1) is 11.4. The number of anilines is 1. The van der Waals surface area contributed by atoms with Gasteiger partial charge in [-0.1, -0.05) is 12.7 Å². The topological polar surface area (TPSA) is 95.9 Å². The first-order valence-electron chi connectivity index (χ1n) is 4.99. The van der Waals surface area contributed by atoms with E-state index in [1.54, 1.807) is 13.1 Å². The number of hydrogen-bond donors (Lipinski definition) is 0. The Morgan fingerprint density at radius 1 is 1.50 bits per heavy atom. The Hall–Kier alpha value is -1.70. The van der Waals surface area contributed by atoms with Crippen molar-refractivity contribution in [2.75, 3.05) is 18.6 Å². The highest BCUT2D eigenvalue weighted by Gasteiger charge is 2.51. The van der Waals surface area contributed by atoms with Crippen molar-refractivity contribution in [3.8, 4) is 12.0 Å².